The molecule has 4 amide bonds. The Morgan fingerprint density at radius 3 is 2.38 bits per heavy atom. The van der Waals surface area contributed by atoms with Crippen LogP contribution in [0.15, 0.2) is 49.1 Å². The number of urea groups is 1. The molecular formula is C21H23N7O4. The highest BCUT2D eigenvalue weighted by Crippen LogP contribution is 2.23. The maximum atomic E-state index is 12.2. The van der Waals surface area contributed by atoms with Crippen LogP contribution in [0.25, 0.3) is 0 Å². The molecule has 0 aliphatic heterocycles. The molecule has 0 atom stereocenters. The molecule has 0 spiro atoms. The Hall–Kier alpha value is -4.28. The fourth-order valence-electron chi connectivity index (χ4n) is 2.36. The molecule has 11 heteroatoms. The lowest BCUT2D eigenvalue weighted by atomic mass is 9.96. The Bertz CT molecular complexity index is 1130. The Morgan fingerprint density at radius 2 is 1.75 bits per heavy atom. The van der Waals surface area contributed by atoms with E-state index >= 15 is 0 Å². The number of aromatic nitrogens is 4. The summed E-state index contributed by atoms with van der Waals surface area (Å²) in [5.41, 5.74) is -0.287. The summed E-state index contributed by atoms with van der Waals surface area (Å²) in [7, 11) is 1.72. The molecule has 0 bridgehead atoms. The molecule has 32 heavy (non-hydrogen) atoms. The molecule has 3 N–H and O–H groups in total. The normalized spacial score (nSPS) is 10.9. The van der Waals surface area contributed by atoms with Gasteiger partial charge in [-0.05, 0) is 18.2 Å². The number of aryl methyl sites for hydroxylation is 1. The maximum Gasteiger partial charge on any atom is 0.327 e. The second-order valence-corrected chi connectivity index (χ2v) is 7.87. The second kappa shape index (κ2) is 9.25. The van der Waals surface area contributed by atoms with Gasteiger partial charge in [0.2, 0.25) is 5.91 Å². The first-order chi connectivity index (χ1) is 15.1. The lowest BCUT2D eigenvalue weighted by Crippen LogP contribution is -2.41. The average molecular weight is 437 g/mol. The topological polar surface area (TPSA) is 140 Å². The van der Waals surface area contributed by atoms with Crippen LogP contribution in [0.3, 0.4) is 0 Å². The van der Waals surface area contributed by atoms with E-state index in [1.807, 2.05) is 0 Å². The lowest BCUT2D eigenvalue weighted by Gasteiger charge is -2.16. The van der Waals surface area contributed by atoms with Crippen LogP contribution in [0.4, 0.5) is 16.4 Å². The van der Waals surface area contributed by atoms with Crippen LogP contribution in [-0.2, 0) is 11.8 Å². The van der Waals surface area contributed by atoms with Crippen molar-refractivity contribution in [3.05, 3.63) is 54.6 Å². The van der Waals surface area contributed by atoms with Gasteiger partial charge in [-0.2, -0.15) is 5.10 Å². The van der Waals surface area contributed by atoms with Crippen LogP contribution < -0.4 is 20.7 Å². The van der Waals surface area contributed by atoms with Crippen molar-refractivity contribution < 1.29 is 19.1 Å². The Labute approximate surface area is 184 Å². The third-order valence-corrected chi connectivity index (χ3v) is 4.06. The van der Waals surface area contributed by atoms with Crippen molar-refractivity contribution in [1.82, 2.24) is 25.1 Å². The van der Waals surface area contributed by atoms with Gasteiger partial charge < -0.3 is 10.1 Å². The number of carbonyl (C=O) groups is 3. The van der Waals surface area contributed by atoms with Crippen molar-refractivity contribution >= 4 is 29.5 Å². The first-order valence-electron chi connectivity index (χ1n) is 9.62. The predicted octanol–water partition coefficient (Wildman–Crippen LogP) is 2.95. The average Bonchev–Trinajstić information content (AvgIpc) is 3.15. The molecular weight excluding hydrogens is 414 g/mol. The summed E-state index contributed by atoms with van der Waals surface area (Å²) in [6, 6.07) is 5.64. The molecule has 0 aromatic carbocycles. The Morgan fingerprint density at radius 1 is 0.969 bits per heavy atom. The van der Waals surface area contributed by atoms with Crippen LogP contribution >= 0.6 is 0 Å². The molecule has 166 valence electrons. The number of carbonyl (C=O) groups excluding carboxylic acids is 3. The molecule has 0 radical (unpaired) electrons. The first kappa shape index (κ1) is 22.4. The van der Waals surface area contributed by atoms with Gasteiger partial charge in [-0.15, -0.1) is 0 Å². The summed E-state index contributed by atoms with van der Waals surface area (Å²) in [4.78, 5) is 44.2. The summed E-state index contributed by atoms with van der Waals surface area (Å²) in [6.45, 7) is 5.11. The molecule has 0 unspecified atom stereocenters. The van der Waals surface area contributed by atoms with Gasteiger partial charge in [-0.1, -0.05) is 20.8 Å². The van der Waals surface area contributed by atoms with Gasteiger partial charge in [0.25, 0.3) is 5.91 Å². The van der Waals surface area contributed by atoms with E-state index in [-0.39, 0.29) is 11.7 Å². The second-order valence-electron chi connectivity index (χ2n) is 7.87. The standard InChI is InChI=1S/C21H23N7O4/c1-21(2,3)19(30)27-20(31)26-16-6-5-15(11-23-16)32-14-7-8-22-17(9-14)25-18(29)13-10-24-28(4)12-13/h5-12H,1-4H3,(H,22,25,29)(H2,23,26,27,30,31). The summed E-state index contributed by atoms with van der Waals surface area (Å²) in [6.07, 6.45) is 5.95. The zero-order chi connectivity index (χ0) is 23.3. The number of nitrogens with zero attached hydrogens (tertiary/aromatic N) is 4. The van der Waals surface area contributed by atoms with Gasteiger partial charge in [0.1, 0.15) is 23.1 Å². The van der Waals surface area contributed by atoms with Crippen molar-refractivity contribution in [2.75, 3.05) is 10.6 Å². The largest absolute Gasteiger partial charge is 0.456 e. The third-order valence-electron chi connectivity index (χ3n) is 4.06. The molecule has 11 nitrogen and oxygen atoms in total. The van der Waals surface area contributed by atoms with Gasteiger partial charge >= 0.3 is 6.03 Å². The molecule has 0 saturated heterocycles. The number of imide groups is 1. The molecule has 3 rings (SSSR count). The van der Waals surface area contributed by atoms with Gasteiger partial charge in [0.15, 0.2) is 0 Å². The van der Waals surface area contributed by atoms with Crippen molar-refractivity contribution in [2.45, 2.75) is 20.8 Å². The zero-order valence-corrected chi connectivity index (χ0v) is 18.0. The number of anilines is 2. The monoisotopic (exact) mass is 437 g/mol. The molecule has 3 aromatic heterocycles. The molecule has 0 fully saturated rings. The minimum atomic E-state index is -0.691. The van der Waals surface area contributed by atoms with Crippen LogP contribution in [-0.4, -0.2) is 37.6 Å². The summed E-state index contributed by atoms with van der Waals surface area (Å²) < 4.78 is 7.25. The lowest BCUT2D eigenvalue weighted by molar-refractivity contribution is -0.127. The first-order valence-corrected chi connectivity index (χ1v) is 9.62. The van der Waals surface area contributed by atoms with E-state index in [2.05, 4.69) is 31.0 Å². The number of amides is 4. The number of ether oxygens (including phenoxy) is 1. The molecule has 3 aromatic rings. The van der Waals surface area contributed by atoms with Crippen LogP contribution in [0.1, 0.15) is 31.1 Å². The number of nitrogens with one attached hydrogen (secondary N) is 3. The van der Waals surface area contributed by atoms with Crippen molar-refractivity contribution in [2.24, 2.45) is 12.5 Å². The van der Waals surface area contributed by atoms with E-state index in [9.17, 15) is 14.4 Å². The summed E-state index contributed by atoms with van der Waals surface area (Å²) >= 11 is 0. The van der Waals surface area contributed by atoms with Gasteiger partial charge in [0, 0.05) is 30.9 Å². The van der Waals surface area contributed by atoms with Gasteiger partial charge in [-0.25, -0.2) is 14.8 Å². The van der Waals surface area contributed by atoms with E-state index in [0.717, 1.165) is 0 Å². The SMILES string of the molecule is Cn1cc(C(=O)Nc2cc(Oc3ccc(NC(=O)NC(=O)C(C)(C)C)nc3)ccn2)cn1. The number of pyridine rings is 2. The smallest absolute Gasteiger partial charge is 0.327 e. The fraction of sp³-hybridized carbons (Fsp3) is 0.238. The number of hydrogen-bond acceptors (Lipinski definition) is 7. The van der Waals surface area contributed by atoms with E-state index in [1.54, 1.807) is 52.2 Å². The minimum absolute atomic E-state index is 0.246. The van der Waals surface area contributed by atoms with Crippen molar-refractivity contribution in [1.29, 1.82) is 0 Å². The molecule has 3 heterocycles. The van der Waals surface area contributed by atoms with Crippen LogP contribution in [0.2, 0.25) is 0 Å². The van der Waals surface area contributed by atoms with Crippen LogP contribution in [0.5, 0.6) is 11.5 Å². The maximum absolute atomic E-state index is 12.2. The molecule has 0 saturated carbocycles. The highest BCUT2D eigenvalue weighted by atomic mass is 16.5. The van der Waals surface area contributed by atoms with Gasteiger partial charge in [0.05, 0.1) is 18.0 Å². The van der Waals surface area contributed by atoms with E-state index < -0.39 is 17.4 Å². The number of rotatable bonds is 5. The zero-order valence-electron chi connectivity index (χ0n) is 18.0. The quantitative estimate of drug-likeness (QED) is 0.557. The third kappa shape index (κ3) is 6.11. The predicted molar refractivity (Wildman–Crippen MR) is 116 cm³/mol. The van der Waals surface area contributed by atoms with Crippen molar-refractivity contribution in [3.63, 3.8) is 0 Å². The van der Waals surface area contributed by atoms with Gasteiger partial charge in [-0.3, -0.25) is 24.9 Å². The Balaban J connectivity index is 1.58. The van der Waals surface area contributed by atoms with E-state index in [1.165, 1.54) is 29.3 Å². The molecule has 0 aliphatic rings. The summed E-state index contributed by atoms with van der Waals surface area (Å²) in [5, 5.41) is 11.4. The summed E-state index contributed by atoms with van der Waals surface area (Å²) in [5.74, 6) is 0.635. The van der Waals surface area contributed by atoms with Crippen molar-refractivity contribution in [3.8, 4) is 11.5 Å². The molecule has 0 aliphatic carbocycles. The van der Waals surface area contributed by atoms with E-state index in [0.29, 0.717) is 22.9 Å². The number of hydrogen-bond donors (Lipinski definition) is 3. The minimum Gasteiger partial charge on any atom is -0.456 e. The fourth-order valence-corrected chi connectivity index (χ4v) is 2.36. The highest BCUT2D eigenvalue weighted by molar-refractivity contribution is 6.03. The highest BCUT2D eigenvalue weighted by Gasteiger charge is 2.23. The Kier molecular flexibility index (Phi) is 6.47. The van der Waals surface area contributed by atoms with E-state index in [4.69, 9.17) is 4.74 Å². The van der Waals surface area contributed by atoms with Crippen LogP contribution in [0, 0.1) is 5.41 Å².